The van der Waals surface area contributed by atoms with Gasteiger partial charge in [0, 0.05) is 17.4 Å². The van der Waals surface area contributed by atoms with Crippen LogP contribution >= 0.6 is 0 Å². The topological polar surface area (TPSA) is 94.5 Å². The molecule has 2 aromatic rings. The minimum absolute atomic E-state index is 0.00836. The highest BCUT2D eigenvalue weighted by Crippen LogP contribution is 2.36. The van der Waals surface area contributed by atoms with Crippen molar-refractivity contribution in [3.05, 3.63) is 65.7 Å². The van der Waals surface area contributed by atoms with Crippen LogP contribution in [0, 0.1) is 17.8 Å². The largest absolute Gasteiger partial charge is 0.497 e. The van der Waals surface area contributed by atoms with Crippen molar-refractivity contribution in [2.24, 2.45) is 17.8 Å². The van der Waals surface area contributed by atoms with E-state index in [0.29, 0.717) is 13.0 Å². The Morgan fingerprint density at radius 1 is 1.11 bits per heavy atom. The molecule has 1 N–H and O–H groups in total. The number of benzene rings is 2. The molecule has 0 radical (unpaired) electrons. The summed E-state index contributed by atoms with van der Waals surface area (Å²) in [7, 11) is 1.61. The summed E-state index contributed by atoms with van der Waals surface area (Å²) >= 11 is 0. The van der Waals surface area contributed by atoms with Crippen molar-refractivity contribution in [1.29, 1.82) is 0 Å². The number of carbonyl (C=O) groups is 2. The fourth-order valence-electron chi connectivity index (χ4n) is 5.01. The fourth-order valence-corrected chi connectivity index (χ4v) is 5.01. The van der Waals surface area contributed by atoms with Crippen molar-refractivity contribution in [1.82, 2.24) is 4.90 Å². The first-order valence-corrected chi connectivity index (χ1v) is 12.4. The third-order valence-electron chi connectivity index (χ3n) is 7.21. The number of amides is 2. The molecule has 0 aliphatic carbocycles. The summed E-state index contributed by atoms with van der Waals surface area (Å²) < 4.78 is 22.6. The number of aliphatic hydroxyl groups excluding tert-OH is 1. The molecule has 2 heterocycles. The van der Waals surface area contributed by atoms with Gasteiger partial charge in [0.15, 0.2) is 6.29 Å². The lowest BCUT2D eigenvalue weighted by molar-refractivity contribution is -0.257. The summed E-state index contributed by atoms with van der Waals surface area (Å²) in [5.41, 5.74) is 1.86. The van der Waals surface area contributed by atoms with Gasteiger partial charge in [-0.05, 0) is 24.1 Å². The van der Waals surface area contributed by atoms with Gasteiger partial charge in [0.2, 0.25) is 5.91 Å². The van der Waals surface area contributed by atoms with Gasteiger partial charge in [0.05, 0.1) is 37.9 Å². The molecule has 8 heteroatoms. The summed E-state index contributed by atoms with van der Waals surface area (Å²) in [5, 5.41) is 11.2. The van der Waals surface area contributed by atoms with Crippen LogP contribution in [0.5, 0.6) is 5.75 Å². The van der Waals surface area contributed by atoms with Crippen LogP contribution in [0.15, 0.2) is 54.6 Å². The Kier molecular flexibility index (Phi) is 8.28. The van der Waals surface area contributed by atoms with Crippen molar-refractivity contribution in [3.8, 4) is 5.75 Å². The number of methoxy groups -OCH3 is 1. The molecule has 0 bridgehead atoms. The van der Waals surface area contributed by atoms with E-state index in [1.54, 1.807) is 14.0 Å². The molecule has 8 nitrogen and oxygen atoms in total. The van der Waals surface area contributed by atoms with Crippen LogP contribution in [0.1, 0.15) is 38.2 Å². The maximum atomic E-state index is 13.4. The number of cyclic esters (lactones) is 1. The molecular weight excluding hydrogens is 462 g/mol. The van der Waals surface area contributed by atoms with Gasteiger partial charge < -0.3 is 24.1 Å². The molecule has 0 saturated carbocycles. The van der Waals surface area contributed by atoms with Crippen molar-refractivity contribution < 1.29 is 33.6 Å². The highest BCUT2D eigenvalue weighted by atomic mass is 16.7. The normalized spacial score (nSPS) is 26.7. The zero-order valence-corrected chi connectivity index (χ0v) is 21.2. The van der Waals surface area contributed by atoms with E-state index in [1.165, 1.54) is 4.90 Å². The Hall–Kier alpha value is -2.94. The summed E-state index contributed by atoms with van der Waals surface area (Å²) in [6.07, 6.45) is -2.11. The molecule has 194 valence electrons. The van der Waals surface area contributed by atoms with E-state index in [-0.39, 0.29) is 24.5 Å². The Bertz CT molecular complexity index is 1030. The van der Waals surface area contributed by atoms with Crippen molar-refractivity contribution in [3.63, 3.8) is 0 Å². The van der Waals surface area contributed by atoms with E-state index in [2.05, 4.69) is 0 Å². The average Bonchev–Trinajstić information content (AvgIpc) is 3.27. The van der Waals surface area contributed by atoms with Crippen LogP contribution in [0.25, 0.3) is 0 Å². The summed E-state index contributed by atoms with van der Waals surface area (Å²) in [6.45, 7) is 6.12. The van der Waals surface area contributed by atoms with Gasteiger partial charge in [0.25, 0.3) is 0 Å². The second-order valence-electron chi connectivity index (χ2n) is 9.78. The number of hydrogen-bond acceptors (Lipinski definition) is 7. The van der Waals surface area contributed by atoms with Crippen LogP contribution < -0.4 is 4.74 Å². The first-order chi connectivity index (χ1) is 17.3. The van der Waals surface area contributed by atoms with Gasteiger partial charge in [0.1, 0.15) is 12.4 Å². The van der Waals surface area contributed by atoms with E-state index in [1.807, 2.05) is 68.4 Å². The Balaban J connectivity index is 1.43. The van der Waals surface area contributed by atoms with E-state index in [4.69, 9.17) is 18.9 Å². The Morgan fingerprint density at radius 3 is 2.47 bits per heavy atom. The highest BCUT2D eigenvalue weighted by molar-refractivity contribution is 5.95. The van der Waals surface area contributed by atoms with Gasteiger partial charge in [-0.25, -0.2) is 9.69 Å². The molecule has 4 rings (SSSR count). The summed E-state index contributed by atoms with van der Waals surface area (Å²) in [6, 6.07) is 16.7. The zero-order valence-electron chi connectivity index (χ0n) is 21.2. The van der Waals surface area contributed by atoms with Crippen LogP contribution in [0.2, 0.25) is 0 Å². The molecule has 36 heavy (non-hydrogen) atoms. The molecule has 2 saturated heterocycles. The predicted octanol–water partition coefficient (Wildman–Crippen LogP) is 3.97. The predicted molar refractivity (Wildman–Crippen MR) is 132 cm³/mol. The van der Waals surface area contributed by atoms with Crippen molar-refractivity contribution >= 4 is 12.0 Å². The average molecular weight is 498 g/mol. The lowest BCUT2D eigenvalue weighted by atomic mass is 9.83. The monoisotopic (exact) mass is 497 g/mol. The van der Waals surface area contributed by atoms with Gasteiger partial charge in [-0.2, -0.15) is 0 Å². The minimum atomic E-state index is -1.02. The van der Waals surface area contributed by atoms with Crippen molar-refractivity contribution in [2.75, 3.05) is 20.3 Å². The SMILES string of the molecule is COc1ccc([C@H]2OC[C@H](C)[C@@H]([C@@H](C)[C@H](O)[C@@H](C)C(=O)N3C(=O)OC[C@H]3Cc3ccccc3)O2)cc1. The number of ether oxygens (including phenoxy) is 4. The maximum Gasteiger partial charge on any atom is 0.416 e. The second kappa shape index (κ2) is 11.4. The molecule has 2 fully saturated rings. The standard InChI is InChI=1S/C28H35NO7/c1-17-15-34-27(21-10-12-23(33-4)13-11-21)36-25(17)18(2)24(30)19(3)26(31)29-22(16-35-28(29)32)14-20-8-6-5-7-9-20/h5-13,17-19,22,24-25,27,30H,14-16H2,1-4H3/t17-,18-,19+,22+,24-,25-,27-/m0/s1. The smallest absolute Gasteiger partial charge is 0.416 e. The van der Waals surface area contributed by atoms with Crippen LogP contribution in [-0.2, 0) is 25.4 Å². The molecule has 2 aromatic carbocycles. The van der Waals surface area contributed by atoms with Gasteiger partial charge in [-0.3, -0.25) is 4.79 Å². The van der Waals surface area contributed by atoms with E-state index < -0.39 is 36.4 Å². The molecule has 0 spiro atoms. The molecule has 0 unspecified atom stereocenters. The lowest BCUT2D eigenvalue weighted by Gasteiger charge is -2.41. The van der Waals surface area contributed by atoms with Crippen LogP contribution in [0.4, 0.5) is 4.79 Å². The number of hydrogen-bond donors (Lipinski definition) is 1. The summed E-state index contributed by atoms with van der Waals surface area (Å²) in [4.78, 5) is 27.0. The fraction of sp³-hybridized carbons (Fsp3) is 0.500. The minimum Gasteiger partial charge on any atom is -0.497 e. The van der Waals surface area contributed by atoms with Crippen LogP contribution in [0.3, 0.4) is 0 Å². The van der Waals surface area contributed by atoms with Gasteiger partial charge in [-0.1, -0.05) is 63.2 Å². The lowest BCUT2D eigenvalue weighted by Crippen LogP contribution is -2.50. The highest BCUT2D eigenvalue weighted by Gasteiger charge is 2.44. The van der Waals surface area contributed by atoms with Gasteiger partial charge >= 0.3 is 6.09 Å². The molecule has 2 amide bonds. The molecule has 0 aromatic heterocycles. The molecule has 2 aliphatic heterocycles. The molecular formula is C28H35NO7. The quantitative estimate of drug-likeness (QED) is 0.590. The second-order valence-corrected chi connectivity index (χ2v) is 9.78. The number of carbonyl (C=O) groups excluding carboxylic acids is 2. The number of nitrogens with zero attached hydrogens (tertiary/aromatic N) is 1. The molecule has 7 atom stereocenters. The third-order valence-corrected chi connectivity index (χ3v) is 7.21. The Morgan fingerprint density at radius 2 is 1.81 bits per heavy atom. The first kappa shape index (κ1) is 26.1. The zero-order chi connectivity index (χ0) is 25.8. The van der Waals surface area contributed by atoms with E-state index in [9.17, 15) is 14.7 Å². The maximum absolute atomic E-state index is 13.4. The Labute approximate surface area is 212 Å². The third kappa shape index (κ3) is 5.56. The van der Waals surface area contributed by atoms with E-state index >= 15 is 0 Å². The molecule has 2 aliphatic rings. The van der Waals surface area contributed by atoms with E-state index in [0.717, 1.165) is 16.9 Å². The first-order valence-electron chi connectivity index (χ1n) is 12.4. The number of imide groups is 1. The van der Waals surface area contributed by atoms with Crippen molar-refractivity contribution in [2.45, 2.75) is 51.7 Å². The number of aliphatic hydroxyl groups is 1. The van der Waals surface area contributed by atoms with Gasteiger partial charge in [-0.15, -0.1) is 0 Å². The number of rotatable bonds is 8. The van der Waals surface area contributed by atoms with Crippen LogP contribution in [-0.4, -0.2) is 60.6 Å². The summed E-state index contributed by atoms with van der Waals surface area (Å²) in [5.74, 6) is -0.892.